The van der Waals surface area contributed by atoms with Crippen LogP contribution in [0.25, 0.3) is 0 Å². The Morgan fingerprint density at radius 2 is 2.15 bits per heavy atom. The fraction of sp³-hybridized carbons (Fsp3) is 0.647. The second-order valence-electron chi connectivity index (χ2n) is 6.17. The van der Waals surface area contributed by atoms with Crippen molar-refractivity contribution in [3.8, 4) is 0 Å². The van der Waals surface area contributed by atoms with Crippen LogP contribution in [0.3, 0.4) is 0 Å². The van der Waals surface area contributed by atoms with E-state index in [1.807, 2.05) is 6.07 Å². The highest BCUT2D eigenvalue weighted by molar-refractivity contribution is 5.54. The van der Waals surface area contributed by atoms with E-state index in [4.69, 9.17) is 5.73 Å². The molecule has 1 aliphatic rings. The summed E-state index contributed by atoms with van der Waals surface area (Å²) in [5, 5.41) is 0. The van der Waals surface area contributed by atoms with Crippen LogP contribution in [0.15, 0.2) is 18.2 Å². The molecular formula is C17H27FN2. The Labute approximate surface area is 122 Å². The van der Waals surface area contributed by atoms with Gasteiger partial charge in [-0.1, -0.05) is 13.8 Å². The standard InChI is InChI=1S/C17H27FN2/c1-3-16(19)12-14-11-15(18)6-7-17(14)20-9-4-5-13(2)8-10-20/h6-7,11,13,16H,3-5,8-10,12,19H2,1-2H3. The highest BCUT2D eigenvalue weighted by Crippen LogP contribution is 2.27. The van der Waals surface area contributed by atoms with Crippen molar-refractivity contribution in [3.05, 3.63) is 29.6 Å². The smallest absolute Gasteiger partial charge is 0.123 e. The quantitative estimate of drug-likeness (QED) is 0.909. The molecule has 3 heteroatoms. The van der Waals surface area contributed by atoms with Gasteiger partial charge in [-0.2, -0.15) is 0 Å². The van der Waals surface area contributed by atoms with Crippen LogP contribution in [0, 0.1) is 11.7 Å². The van der Waals surface area contributed by atoms with Crippen LogP contribution < -0.4 is 10.6 Å². The van der Waals surface area contributed by atoms with Gasteiger partial charge in [0, 0.05) is 24.8 Å². The number of nitrogens with zero attached hydrogens (tertiary/aromatic N) is 1. The summed E-state index contributed by atoms with van der Waals surface area (Å²) >= 11 is 0. The monoisotopic (exact) mass is 278 g/mol. The van der Waals surface area contributed by atoms with Gasteiger partial charge in [0.25, 0.3) is 0 Å². The van der Waals surface area contributed by atoms with Crippen molar-refractivity contribution < 1.29 is 4.39 Å². The molecule has 1 aromatic rings. The summed E-state index contributed by atoms with van der Waals surface area (Å²) in [4.78, 5) is 2.42. The van der Waals surface area contributed by atoms with Crippen LogP contribution in [0.4, 0.5) is 10.1 Å². The molecule has 112 valence electrons. The fourth-order valence-corrected chi connectivity index (χ4v) is 2.96. The van der Waals surface area contributed by atoms with E-state index >= 15 is 0 Å². The Bertz CT molecular complexity index is 433. The summed E-state index contributed by atoms with van der Waals surface area (Å²) in [5.41, 5.74) is 8.31. The highest BCUT2D eigenvalue weighted by Gasteiger charge is 2.18. The van der Waals surface area contributed by atoms with Gasteiger partial charge in [-0.05, 0) is 61.8 Å². The lowest BCUT2D eigenvalue weighted by molar-refractivity contribution is 0.521. The zero-order valence-electron chi connectivity index (χ0n) is 12.7. The zero-order valence-corrected chi connectivity index (χ0v) is 12.7. The van der Waals surface area contributed by atoms with Crippen molar-refractivity contribution in [1.29, 1.82) is 0 Å². The molecule has 1 heterocycles. The minimum atomic E-state index is -0.157. The molecule has 2 atom stereocenters. The molecule has 20 heavy (non-hydrogen) atoms. The van der Waals surface area contributed by atoms with Crippen molar-refractivity contribution in [2.45, 2.75) is 52.0 Å². The maximum absolute atomic E-state index is 13.6. The molecule has 0 bridgehead atoms. The van der Waals surface area contributed by atoms with Gasteiger partial charge in [0.1, 0.15) is 5.82 Å². The molecule has 2 rings (SSSR count). The first-order valence-electron chi connectivity index (χ1n) is 7.89. The van der Waals surface area contributed by atoms with E-state index in [0.717, 1.165) is 37.4 Å². The molecule has 0 aromatic heterocycles. The summed E-state index contributed by atoms with van der Waals surface area (Å²) in [6, 6.07) is 5.29. The van der Waals surface area contributed by atoms with E-state index < -0.39 is 0 Å². The lowest BCUT2D eigenvalue weighted by atomic mass is 10.0. The third-order valence-electron chi connectivity index (χ3n) is 4.41. The lowest BCUT2D eigenvalue weighted by Gasteiger charge is -2.26. The van der Waals surface area contributed by atoms with Gasteiger partial charge in [0.2, 0.25) is 0 Å². The van der Waals surface area contributed by atoms with E-state index in [-0.39, 0.29) is 11.9 Å². The molecule has 0 aliphatic carbocycles. The summed E-state index contributed by atoms with van der Waals surface area (Å²) in [7, 11) is 0. The number of halogens is 1. The third-order valence-corrected chi connectivity index (χ3v) is 4.41. The second kappa shape index (κ2) is 7.07. The van der Waals surface area contributed by atoms with Crippen LogP contribution in [-0.4, -0.2) is 19.1 Å². The first-order chi connectivity index (χ1) is 9.60. The Morgan fingerprint density at radius 1 is 1.35 bits per heavy atom. The maximum atomic E-state index is 13.6. The number of nitrogens with two attached hydrogens (primary N) is 1. The second-order valence-corrected chi connectivity index (χ2v) is 6.17. The lowest BCUT2D eigenvalue weighted by Crippen LogP contribution is -2.28. The summed E-state index contributed by atoms with van der Waals surface area (Å²) in [6.45, 7) is 6.55. The Balaban J connectivity index is 2.20. The Kier molecular flexibility index (Phi) is 5.41. The van der Waals surface area contributed by atoms with Gasteiger partial charge in [-0.3, -0.25) is 0 Å². The predicted octanol–water partition coefficient (Wildman–Crippen LogP) is 3.73. The zero-order chi connectivity index (χ0) is 14.5. The molecule has 2 unspecified atom stereocenters. The van der Waals surface area contributed by atoms with Gasteiger partial charge >= 0.3 is 0 Å². The average molecular weight is 278 g/mol. The molecular weight excluding hydrogens is 251 g/mol. The van der Waals surface area contributed by atoms with Gasteiger partial charge < -0.3 is 10.6 Å². The van der Waals surface area contributed by atoms with Gasteiger partial charge in [-0.25, -0.2) is 4.39 Å². The summed E-state index contributed by atoms with van der Waals surface area (Å²) in [5.74, 6) is 0.636. The van der Waals surface area contributed by atoms with Gasteiger partial charge in [0.15, 0.2) is 0 Å². The topological polar surface area (TPSA) is 29.3 Å². The van der Waals surface area contributed by atoms with E-state index in [2.05, 4.69) is 18.7 Å². The highest BCUT2D eigenvalue weighted by atomic mass is 19.1. The first-order valence-corrected chi connectivity index (χ1v) is 7.89. The number of rotatable bonds is 4. The number of benzene rings is 1. The molecule has 0 spiro atoms. The maximum Gasteiger partial charge on any atom is 0.123 e. The molecule has 1 aliphatic heterocycles. The average Bonchev–Trinajstić information content (AvgIpc) is 2.64. The van der Waals surface area contributed by atoms with Crippen LogP contribution in [0.5, 0.6) is 0 Å². The number of hydrogen-bond donors (Lipinski definition) is 1. The Morgan fingerprint density at radius 3 is 2.90 bits per heavy atom. The molecule has 0 radical (unpaired) electrons. The SMILES string of the molecule is CCC(N)Cc1cc(F)ccc1N1CCCC(C)CC1. The molecule has 0 amide bonds. The fourth-order valence-electron chi connectivity index (χ4n) is 2.96. The number of hydrogen-bond acceptors (Lipinski definition) is 2. The van der Waals surface area contributed by atoms with Crippen molar-refractivity contribution in [1.82, 2.24) is 0 Å². The van der Waals surface area contributed by atoms with Crippen LogP contribution in [-0.2, 0) is 6.42 Å². The van der Waals surface area contributed by atoms with E-state index in [9.17, 15) is 4.39 Å². The Hall–Kier alpha value is -1.09. The first kappa shape index (κ1) is 15.3. The molecule has 1 aromatic carbocycles. The molecule has 2 N–H and O–H groups in total. The van der Waals surface area contributed by atoms with Crippen LogP contribution in [0.1, 0.15) is 45.1 Å². The van der Waals surface area contributed by atoms with Crippen molar-refractivity contribution >= 4 is 5.69 Å². The van der Waals surface area contributed by atoms with Crippen molar-refractivity contribution in [2.75, 3.05) is 18.0 Å². The van der Waals surface area contributed by atoms with E-state index in [1.54, 1.807) is 12.1 Å². The molecule has 2 nitrogen and oxygen atoms in total. The van der Waals surface area contributed by atoms with Crippen LogP contribution >= 0.6 is 0 Å². The van der Waals surface area contributed by atoms with Crippen molar-refractivity contribution in [3.63, 3.8) is 0 Å². The largest absolute Gasteiger partial charge is 0.371 e. The van der Waals surface area contributed by atoms with E-state index in [0.29, 0.717) is 0 Å². The minimum absolute atomic E-state index is 0.112. The van der Waals surface area contributed by atoms with Gasteiger partial charge in [-0.15, -0.1) is 0 Å². The van der Waals surface area contributed by atoms with Crippen molar-refractivity contribution in [2.24, 2.45) is 11.7 Å². The van der Waals surface area contributed by atoms with Crippen LogP contribution in [0.2, 0.25) is 0 Å². The summed E-state index contributed by atoms with van der Waals surface area (Å²) < 4.78 is 13.6. The molecule has 1 fully saturated rings. The number of anilines is 1. The van der Waals surface area contributed by atoms with Gasteiger partial charge in [0.05, 0.1) is 0 Å². The molecule has 0 saturated carbocycles. The summed E-state index contributed by atoms with van der Waals surface area (Å²) in [6.07, 6.45) is 5.42. The minimum Gasteiger partial charge on any atom is -0.371 e. The van der Waals surface area contributed by atoms with E-state index in [1.165, 1.54) is 24.9 Å². The third kappa shape index (κ3) is 3.95. The normalized spacial score (nSPS) is 21.6. The predicted molar refractivity (Wildman–Crippen MR) is 83.6 cm³/mol. The molecule has 1 saturated heterocycles.